The Hall–Kier alpha value is -2.38. The predicted molar refractivity (Wildman–Crippen MR) is 95.8 cm³/mol. The molecule has 0 amide bonds. The SMILES string of the molecule is Cn1cc(C=Nc2sc3c(c2C#N)CCCC3)c2ccccc21. The van der Waals surface area contributed by atoms with Crippen molar-refractivity contribution >= 4 is 33.5 Å². The smallest absolute Gasteiger partial charge is 0.134 e. The number of rotatable bonds is 2. The second-order valence-electron chi connectivity index (χ2n) is 5.97. The van der Waals surface area contributed by atoms with E-state index in [4.69, 9.17) is 0 Å². The molecule has 0 spiro atoms. The van der Waals surface area contributed by atoms with E-state index in [1.807, 2.05) is 25.4 Å². The van der Waals surface area contributed by atoms with Crippen LogP contribution in [0.5, 0.6) is 0 Å². The zero-order valence-electron chi connectivity index (χ0n) is 13.0. The van der Waals surface area contributed by atoms with Crippen LogP contribution in [0.25, 0.3) is 10.9 Å². The largest absolute Gasteiger partial charge is 0.350 e. The lowest BCUT2D eigenvalue weighted by atomic mass is 9.96. The molecule has 4 rings (SSSR count). The highest BCUT2D eigenvalue weighted by atomic mass is 32.1. The average Bonchev–Trinajstić information content (AvgIpc) is 3.10. The molecule has 1 aliphatic rings. The van der Waals surface area contributed by atoms with Gasteiger partial charge in [-0.15, -0.1) is 11.3 Å². The number of hydrogen-bond donors (Lipinski definition) is 0. The molecule has 0 atom stereocenters. The van der Waals surface area contributed by atoms with Crippen LogP contribution in [0.15, 0.2) is 35.5 Å². The van der Waals surface area contributed by atoms with Gasteiger partial charge in [-0.1, -0.05) is 18.2 Å². The molecule has 0 fully saturated rings. The van der Waals surface area contributed by atoms with E-state index in [0.29, 0.717) is 0 Å². The van der Waals surface area contributed by atoms with Gasteiger partial charge in [0.15, 0.2) is 0 Å². The molecule has 3 nitrogen and oxygen atoms in total. The Morgan fingerprint density at radius 3 is 2.96 bits per heavy atom. The van der Waals surface area contributed by atoms with Crippen LogP contribution in [0, 0.1) is 11.3 Å². The predicted octanol–water partition coefficient (Wildman–Crippen LogP) is 4.74. The van der Waals surface area contributed by atoms with Crippen LogP contribution in [0.1, 0.15) is 34.4 Å². The minimum Gasteiger partial charge on any atom is -0.350 e. The van der Waals surface area contributed by atoms with E-state index < -0.39 is 0 Å². The van der Waals surface area contributed by atoms with Crippen LogP contribution in [0.3, 0.4) is 0 Å². The van der Waals surface area contributed by atoms with Gasteiger partial charge in [0.25, 0.3) is 0 Å². The number of para-hydroxylation sites is 1. The summed E-state index contributed by atoms with van der Waals surface area (Å²) in [7, 11) is 2.05. The molecule has 0 radical (unpaired) electrons. The van der Waals surface area contributed by atoms with Crippen LogP contribution < -0.4 is 0 Å². The molecule has 0 saturated carbocycles. The molecular formula is C19H17N3S. The molecule has 0 bridgehead atoms. The summed E-state index contributed by atoms with van der Waals surface area (Å²) in [6.45, 7) is 0. The van der Waals surface area contributed by atoms with Crippen molar-refractivity contribution in [2.24, 2.45) is 12.0 Å². The lowest BCUT2D eigenvalue weighted by Crippen LogP contribution is -1.99. The number of aromatic nitrogens is 1. The van der Waals surface area contributed by atoms with Gasteiger partial charge >= 0.3 is 0 Å². The van der Waals surface area contributed by atoms with E-state index in [2.05, 4.69) is 34.0 Å². The molecule has 0 unspecified atom stereocenters. The molecule has 0 N–H and O–H groups in total. The Bertz CT molecular complexity index is 953. The maximum absolute atomic E-state index is 9.52. The van der Waals surface area contributed by atoms with Crippen LogP contribution in [-0.2, 0) is 19.9 Å². The number of nitrogens with zero attached hydrogens (tertiary/aromatic N) is 3. The fraction of sp³-hybridized carbons (Fsp3) is 0.263. The van der Waals surface area contributed by atoms with Gasteiger partial charge in [-0.2, -0.15) is 5.26 Å². The minimum atomic E-state index is 0.793. The first-order valence-corrected chi connectivity index (χ1v) is 8.72. The number of thiophene rings is 1. The first-order chi connectivity index (χ1) is 11.3. The van der Waals surface area contributed by atoms with Crippen molar-refractivity contribution in [3.05, 3.63) is 52.0 Å². The Morgan fingerprint density at radius 1 is 1.26 bits per heavy atom. The summed E-state index contributed by atoms with van der Waals surface area (Å²) in [5.41, 5.74) is 4.33. The summed E-state index contributed by atoms with van der Waals surface area (Å²) < 4.78 is 2.11. The van der Waals surface area contributed by atoms with Crippen molar-refractivity contribution in [2.75, 3.05) is 0 Å². The standard InChI is InChI=1S/C19H17N3S/c1-22-12-13(14-6-2-4-8-17(14)22)11-21-19-16(10-20)15-7-3-5-9-18(15)23-19/h2,4,6,8,11-12H,3,5,7,9H2,1H3. The number of fused-ring (bicyclic) bond motifs is 2. The number of hydrogen-bond acceptors (Lipinski definition) is 3. The highest BCUT2D eigenvalue weighted by Crippen LogP contribution is 2.39. The van der Waals surface area contributed by atoms with E-state index in [1.165, 1.54) is 34.2 Å². The number of nitriles is 1. The highest BCUT2D eigenvalue weighted by molar-refractivity contribution is 7.16. The molecule has 1 aromatic carbocycles. The molecule has 2 aromatic heterocycles. The summed E-state index contributed by atoms with van der Waals surface area (Å²) in [6.07, 6.45) is 8.53. The van der Waals surface area contributed by atoms with Crippen LogP contribution in [-0.4, -0.2) is 10.8 Å². The van der Waals surface area contributed by atoms with Crippen LogP contribution in [0.2, 0.25) is 0 Å². The zero-order valence-corrected chi connectivity index (χ0v) is 13.9. The zero-order chi connectivity index (χ0) is 15.8. The topological polar surface area (TPSA) is 41.1 Å². The molecule has 2 heterocycles. The van der Waals surface area contributed by atoms with Crippen molar-refractivity contribution in [1.29, 1.82) is 5.26 Å². The van der Waals surface area contributed by atoms with Crippen molar-refractivity contribution in [2.45, 2.75) is 25.7 Å². The molecule has 3 aromatic rings. The summed E-state index contributed by atoms with van der Waals surface area (Å²) in [4.78, 5) is 6.03. The van der Waals surface area contributed by atoms with Crippen LogP contribution in [0.4, 0.5) is 5.00 Å². The summed E-state index contributed by atoms with van der Waals surface area (Å²) in [5, 5.41) is 11.6. The van der Waals surface area contributed by atoms with Gasteiger partial charge in [0, 0.05) is 40.8 Å². The Morgan fingerprint density at radius 2 is 2.09 bits per heavy atom. The van der Waals surface area contributed by atoms with Crippen molar-refractivity contribution in [3.8, 4) is 6.07 Å². The van der Waals surface area contributed by atoms with Crippen molar-refractivity contribution < 1.29 is 0 Å². The summed E-state index contributed by atoms with van der Waals surface area (Å²) in [5.74, 6) is 0. The van der Waals surface area contributed by atoms with E-state index in [9.17, 15) is 5.26 Å². The third-order valence-corrected chi connectivity index (χ3v) is 5.71. The summed E-state index contributed by atoms with van der Waals surface area (Å²) in [6, 6.07) is 10.7. The minimum absolute atomic E-state index is 0.793. The Kier molecular flexibility index (Phi) is 3.51. The second kappa shape index (κ2) is 5.68. The molecule has 0 saturated heterocycles. The molecule has 4 heteroatoms. The molecular weight excluding hydrogens is 302 g/mol. The van der Waals surface area contributed by atoms with Crippen LogP contribution >= 0.6 is 11.3 Å². The Balaban J connectivity index is 1.77. The van der Waals surface area contributed by atoms with Gasteiger partial charge in [-0.05, 0) is 37.3 Å². The molecule has 0 aliphatic heterocycles. The fourth-order valence-corrected chi connectivity index (χ4v) is 4.55. The third kappa shape index (κ3) is 2.38. The quantitative estimate of drug-likeness (QED) is 0.629. The third-order valence-electron chi connectivity index (χ3n) is 4.51. The molecule has 23 heavy (non-hydrogen) atoms. The first kappa shape index (κ1) is 14.2. The number of aliphatic imine (C=N–C) groups is 1. The maximum Gasteiger partial charge on any atom is 0.134 e. The molecule has 114 valence electrons. The monoisotopic (exact) mass is 319 g/mol. The summed E-state index contributed by atoms with van der Waals surface area (Å²) >= 11 is 1.69. The first-order valence-electron chi connectivity index (χ1n) is 7.90. The lowest BCUT2D eigenvalue weighted by Gasteiger charge is -2.09. The van der Waals surface area contributed by atoms with Gasteiger partial charge in [-0.25, -0.2) is 4.99 Å². The van der Waals surface area contributed by atoms with Crippen molar-refractivity contribution in [1.82, 2.24) is 4.57 Å². The number of benzene rings is 1. The van der Waals surface area contributed by atoms with Gasteiger partial charge < -0.3 is 4.57 Å². The normalized spacial score (nSPS) is 14.3. The lowest BCUT2D eigenvalue weighted by molar-refractivity contribution is 0.696. The molecule has 1 aliphatic carbocycles. The van der Waals surface area contributed by atoms with Gasteiger partial charge in [0.05, 0.1) is 5.56 Å². The maximum atomic E-state index is 9.52. The van der Waals surface area contributed by atoms with E-state index in [1.54, 1.807) is 11.3 Å². The Labute approximate surface area is 139 Å². The van der Waals surface area contributed by atoms with Crippen molar-refractivity contribution in [3.63, 3.8) is 0 Å². The second-order valence-corrected chi connectivity index (χ2v) is 7.06. The number of aryl methyl sites for hydroxylation is 2. The van der Waals surface area contributed by atoms with E-state index in [-0.39, 0.29) is 0 Å². The van der Waals surface area contributed by atoms with E-state index in [0.717, 1.165) is 29.0 Å². The highest BCUT2D eigenvalue weighted by Gasteiger charge is 2.20. The van der Waals surface area contributed by atoms with Gasteiger partial charge in [0.1, 0.15) is 11.1 Å². The van der Waals surface area contributed by atoms with Gasteiger partial charge in [0.2, 0.25) is 0 Å². The van der Waals surface area contributed by atoms with E-state index >= 15 is 0 Å². The van der Waals surface area contributed by atoms with Gasteiger partial charge in [-0.3, -0.25) is 0 Å². The average molecular weight is 319 g/mol. The fourth-order valence-electron chi connectivity index (χ4n) is 3.36.